The van der Waals surface area contributed by atoms with Crippen molar-refractivity contribution < 1.29 is 32.6 Å². The standard InChI is InChI=1S/C28H32F3N5O4S/c1-15-16(6-5-7-18(15)29)22-21(25(37)40-4)19(33-23(34-22)24-32-8-9-41-24)11-36-14-28(30,31)17-10-35(12-20(17)36)13-27(2,3)26(38)39/h5-9,17,20,22H,10-14H2,1-4H3,(H,33,34)(H,38,39)/t17?,20?,22-/m0/s1. The third-order valence-corrected chi connectivity index (χ3v) is 8.90. The minimum atomic E-state index is -3.02. The van der Waals surface area contributed by atoms with Crippen LogP contribution in [0.5, 0.6) is 0 Å². The smallest absolute Gasteiger partial charge is 0.338 e. The predicted octanol–water partition coefficient (Wildman–Crippen LogP) is 3.47. The largest absolute Gasteiger partial charge is 0.481 e. The van der Waals surface area contributed by atoms with Gasteiger partial charge in [-0.2, -0.15) is 0 Å². The van der Waals surface area contributed by atoms with Crippen LogP contribution < -0.4 is 5.32 Å². The van der Waals surface area contributed by atoms with Crippen molar-refractivity contribution in [3.63, 3.8) is 0 Å². The number of halogens is 3. The summed E-state index contributed by atoms with van der Waals surface area (Å²) in [7, 11) is 1.22. The van der Waals surface area contributed by atoms with Crippen molar-refractivity contribution in [3.05, 3.63) is 63.0 Å². The lowest BCUT2D eigenvalue weighted by Gasteiger charge is -2.32. The van der Waals surface area contributed by atoms with E-state index in [4.69, 9.17) is 9.73 Å². The van der Waals surface area contributed by atoms with Gasteiger partial charge in [-0.1, -0.05) is 12.1 Å². The van der Waals surface area contributed by atoms with Gasteiger partial charge in [0.15, 0.2) is 10.8 Å². The molecule has 0 radical (unpaired) electrons. The zero-order valence-electron chi connectivity index (χ0n) is 23.2. The van der Waals surface area contributed by atoms with Crippen molar-refractivity contribution in [3.8, 4) is 0 Å². The van der Waals surface area contributed by atoms with E-state index in [0.29, 0.717) is 27.7 Å². The van der Waals surface area contributed by atoms with Crippen LogP contribution in [0.2, 0.25) is 0 Å². The number of esters is 1. The molecule has 0 saturated carbocycles. The molecule has 41 heavy (non-hydrogen) atoms. The molecule has 1 aromatic heterocycles. The lowest BCUT2D eigenvalue weighted by molar-refractivity contribution is -0.148. The van der Waals surface area contributed by atoms with E-state index in [1.54, 1.807) is 48.2 Å². The van der Waals surface area contributed by atoms with Crippen LogP contribution in [0.4, 0.5) is 13.2 Å². The lowest BCUT2D eigenvalue weighted by Crippen LogP contribution is -2.44. The Kier molecular flexibility index (Phi) is 7.72. The molecular weight excluding hydrogens is 559 g/mol. The average Bonchev–Trinajstić information content (AvgIpc) is 3.63. The first-order chi connectivity index (χ1) is 19.3. The second-order valence-electron chi connectivity index (χ2n) is 11.4. The number of hydrogen-bond donors (Lipinski definition) is 2. The summed E-state index contributed by atoms with van der Waals surface area (Å²) < 4.78 is 50.4. The van der Waals surface area contributed by atoms with Gasteiger partial charge in [-0.3, -0.25) is 14.7 Å². The van der Waals surface area contributed by atoms with E-state index in [1.807, 2.05) is 0 Å². The highest BCUT2D eigenvalue weighted by molar-refractivity contribution is 7.11. The van der Waals surface area contributed by atoms with Gasteiger partial charge in [-0.25, -0.2) is 22.9 Å². The number of aromatic nitrogens is 1. The van der Waals surface area contributed by atoms with E-state index in [9.17, 15) is 19.1 Å². The van der Waals surface area contributed by atoms with Crippen LogP contribution in [0.15, 0.2) is 46.0 Å². The summed E-state index contributed by atoms with van der Waals surface area (Å²) in [5.41, 5.74) is 0.0922. The molecular formula is C28H32F3N5O4S. The summed E-state index contributed by atoms with van der Waals surface area (Å²) in [6.45, 7) is 4.64. The van der Waals surface area contributed by atoms with E-state index < -0.39 is 53.6 Å². The monoisotopic (exact) mass is 591 g/mol. The lowest BCUT2D eigenvalue weighted by atomic mass is 9.92. The Balaban J connectivity index is 1.53. The highest BCUT2D eigenvalue weighted by Crippen LogP contribution is 2.44. The third kappa shape index (κ3) is 5.50. The molecule has 2 unspecified atom stereocenters. The van der Waals surface area contributed by atoms with E-state index in [-0.39, 0.29) is 31.8 Å². The number of alkyl halides is 2. The van der Waals surface area contributed by atoms with Gasteiger partial charge in [-0.05, 0) is 38.0 Å². The van der Waals surface area contributed by atoms with E-state index in [1.165, 1.54) is 30.6 Å². The molecule has 1 aromatic carbocycles. The molecule has 0 amide bonds. The van der Waals surface area contributed by atoms with E-state index in [2.05, 4.69) is 10.3 Å². The van der Waals surface area contributed by atoms with Crippen LogP contribution in [0.25, 0.3) is 0 Å². The molecule has 3 atom stereocenters. The fourth-order valence-corrected chi connectivity index (χ4v) is 6.54. The Hall–Kier alpha value is -3.29. The molecule has 5 rings (SSSR count). The number of ether oxygens (including phenoxy) is 1. The number of benzene rings is 1. The van der Waals surface area contributed by atoms with Crippen LogP contribution >= 0.6 is 11.3 Å². The van der Waals surface area contributed by atoms with Gasteiger partial charge < -0.3 is 20.1 Å². The van der Waals surface area contributed by atoms with Crippen LogP contribution in [-0.4, -0.2) is 89.5 Å². The van der Waals surface area contributed by atoms with Gasteiger partial charge in [0.2, 0.25) is 0 Å². The summed E-state index contributed by atoms with van der Waals surface area (Å²) in [5, 5.41) is 15.0. The van der Waals surface area contributed by atoms with Gasteiger partial charge in [0.1, 0.15) is 11.9 Å². The number of carbonyl (C=O) groups excluding carboxylic acids is 1. The Bertz CT molecular complexity index is 1410. The van der Waals surface area contributed by atoms with Gasteiger partial charge in [-0.15, -0.1) is 11.3 Å². The minimum Gasteiger partial charge on any atom is -0.481 e. The van der Waals surface area contributed by atoms with Gasteiger partial charge in [0.05, 0.1) is 30.6 Å². The van der Waals surface area contributed by atoms with Crippen molar-refractivity contribution in [2.24, 2.45) is 16.3 Å². The number of rotatable bonds is 8. The van der Waals surface area contributed by atoms with Crippen molar-refractivity contribution in [1.82, 2.24) is 20.1 Å². The Labute approximate surface area is 239 Å². The van der Waals surface area contributed by atoms with Crippen molar-refractivity contribution in [2.75, 3.05) is 39.8 Å². The zero-order chi connectivity index (χ0) is 29.7. The predicted molar refractivity (Wildman–Crippen MR) is 146 cm³/mol. The fraction of sp³-hybridized carbons (Fsp3) is 0.500. The second-order valence-corrected chi connectivity index (χ2v) is 12.3. The summed E-state index contributed by atoms with van der Waals surface area (Å²) in [5.74, 6) is -5.83. The number of carboxylic acid groups (broad SMARTS) is 1. The Morgan fingerprint density at radius 1 is 1.29 bits per heavy atom. The second kappa shape index (κ2) is 10.8. The number of carboxylic acids is 1. The van der Waals surface area contributed by atoms with Crippen LogP contribution in [0.1, 0.15) is 36.0 Å². The maximum atomic E-state index is 15.3. The maximum absolute atomic E-state index is 15.3. The molecule has 4 heterocycles. The number of aliphatic imine (C=N–C) groups is 1. The molecule has 0 aliphatic carbocycles. The number of fused-ring (bicyclic) bond motifs is 1. The first-order valence-corrected chi connectivity index (χ1v) is 14.1. The summed E-state index contributed by atoms with van der Waals surface area (Å²) in [6, 6.07) is 3.00. The quantitative estimate of drug-likeness (QED) is 0.450. The van der Waals surface area contributed by atoms with E-state index >= 15 is 8.78 Å². The number of aliphatic carboxylic acids is 1. The van der Waals surface area contributed by atoms with Gasteiger partial charge >= 0.3 is 11.9 Å². The summed E-state index contributed by atoms with van der Waals surface area (Å²) >= 11 is 1.31. The fourth-order valence-electron chi connectivity index (χ4n) is 5.95. The number of thiazole rings is 1. The van der Waals surface area contributed by atoms with Gasteiger partial charge in [0.25, 0.3) is 5.92 Å². The normalized spacial score (nSPS) is 24.7. The number of hydrogen-bond acceptors (Lipinski definition) is 9. The Morgan fingerprint density at radius 2 is 2.05 bits per heavy atom. The average molecular weight is 592 g/mol. The number of nitrogens with one attached hydrogen (secondary N) is 1. The molecule has 2 N–H and O–H groups in total. The molecule has 2 fully saturated rings. The SMILES string of the molecule is COC(=O)C1=C(CN2CC(F)(F)C3CN(CC(C)(C)C(=O)O)CC32)NC(c2nccs2)=N[C@H]1c1cccc(F)c1C. The van der Waals surface area contributed by atoms with Crippen molar-refractivity contribution in [2.45, 2.75) is 38.8 Å². The first kappa shape index (κ1) is 29.2. The molecule has 2 saturated heterocycles. The Morgan fingerprint density at radius 3 is 2.71 bits per heavy atom. The van der Waals surface area contributed by atoms with Crippen molar-refractivity contribution >= 4 is 29.1 Å². The highest BCUT2D eigenvalue weighted by Gasteiger charge is 2.58. The van der Waals surface area contributed by atoms with Crippen molar-refractivity contribution in [1.29, 1.82) is 0 Å². The van der Waals surface area contributed by atoms with Crippen LogP contribution in [0, 0.1) is 24.1 Å². The highest BCUT2D eigenvalue weighted by atomic mass is 32.1. The minimum absolute atomic E-state index is 0.0490. The molecule has 2 aromatic rings. The molecule has 13 heteroatoms. The number of likely N-dealkylation sites (tertiary alicyclic amines) is 2. The molecule has 0 bridgehead atoms. The topological polar surface area (TPSA) is 107 Å². The molecule has 0 spiro atoms. The zero-order valence-corrected chi connectivity index (χ0v) is 24.0. The van der Waals surface area contributed by atoms with Crippen LogP contribution in [0.3, 0.4) is 0 Å². The first-order valence-electron chi connectivity index (χ1n) is 13.2. The molecule has 220 valence electrons. The number of nitrogens with zero attached hydrogens (tertiary/aromatic N) is 4. The summed E-state index contributed by atoms with van der Waals surface area (Å²) in [4.78, 5) is 37.4. The maximum Gasteiger partial charge on any atom is 0.338 e. The van der Waals surface area contributed by atoms with Gasteiger partial charge in [0, 0.05) is 49.5 Å². The molecule has 9 nitrogen and oxygen atoms in total. The number of methoxy groups -OCH3 is 1. The number of carbonyl (C=O) groups is 2. The molecule has 3 aliphatic heterocycles. The summed E-state index contributed by atoms with van der Waals surface area (Å²) in [6.07, 6.45) is 1.60. The molecule has 3 aliphatic rings. The third-order valence-electron chi connectivity index (χ3n) is 8.12. The number of amidine groups is 1. The van der Waals surface area contributed by atoms with E-state index in [0.717, 1.165) is 0 Å². The van der Waals surface area contributed by atoms with Crippen LogP contribution in [-0.2, 0) is 14.3 Å².